The highest BCUT2D eigenvalue weighted by Gasteiger charge is 2.21. The number of thiophene rings is 1. The number of nitriles is 1. The summed E-state index contributed by atoms with van der Waals surface area (Å²) in [4.78, 5) is 2.42. The Labute approximate surface area is 196 Å². The van der Waals surface area contributed by atoms with Crippen molar-refractivity contribution in [2.24, 2.45) is 17.8 Å². The summed E-state index contributed by atoms with van der Waals surface area (Å²) in [6, 6.07) is 10.9. The lowest BCUT2D eigenvalue weighted by molar-refractivity contribution is 0.352. The summed E-state index contributed by atoms with van der Waals surface area (Å²) in [6.07, 6.45) is 2.72. The van der Waals surface area contributed by atoms with Gasteiger partial charge in [-0.2, -0.15) is 16.6 Å². The number of benzene rings is 1. The van der Waals surface area contributed by atoms with Gasteiger partial charge in [0.1, 0.15) is 11.8 Å². The molecule has 0 amide bonds. The van der Waals surface area contributed by atoms with E-state index in [-0.39, 0.29) is 5.75 Å². The van der Waals surface area contributed by atoms with Crippen molar-refractivity contribution in [3.05, 3.63) is 52.2 Å². The van der Waals surface area contributed by atoms with Crippen LogP contribution in [0.3, 0.4) is 0 Å². The zero-order valence-electron chi connectivity index (χ0n) is 21.4. The maximum absolute atomic E-state index is 9.07. The van der Waals surface area contributed by atoms with E-state index in [0.29, 0.717) is 5.56 Å². The zero-order chi connectivity index (χ0) is 24.2. The van der Waals surface area contributed by atoms with Gasteiger partial charge in [-0.05, 0) is 73.1 Å². The standard InChI is InChI=1S/C8H7NO.C8H17N.C5H12.C4H4S.C2H6/c1-6-2-3-7(5-9)8(10)4-6;1-7(2)8-4-5-9(3)6-8;1-4-5(2)3;1-2-4-5-3-1;1-2/h2-4,10H,1H3;7-8H,4-6H2,1-3H3;5H,4H2,1-3H3;1-4H;1-2H3. The zero-order valence-corrected chi connectivity index (χ0v) is 22.2. The molecule has 0 bridgehead atoms. The molecule has 0 spiro atoms. The maximum atomic E-state index is 9.07. The lowest BCUT2D eigenvalue weighted by Crippen LogP contribution is -2.16. The Bertz CT molecular complexity index is 658. The average molecular weight is 447 g/mol. The molecule has 0 saturated carbocycles. The predicted octanol–water partition coefficient (Wildman–Crippen LogP) is 7.99. The van der Waals surface area contributed by atoms with E-state index < -0.39 is 0 Å². The van der Waals surface area contributed by atoms with Gasteiger partial charge in [0, 0.05) is 6.54 Å². The Kier molecular flexibility index (Phi) is 20.3. The Morgan fingerprint density at radius 1 is 1.16 bits per heavy atom. The lowest BCUT2D eigenvalue weighted by atomic mass is 9.95. The second-order valence-electron chi connectivity index (χ2n) is 8.28. The van der Waals surface area contributed by atoms with Crippen LogP contribution in [0.25, 0.3) is 0 Å². The first-order valence-corrected chi connectivity index (χ1v) is 12.5. The van der Waals surface area contributed by atoms with E-state index in [1.807, 2.05) is 49.7 Å². The summed E-state index contributed by atoms with van der Waals surface area (Å²) >= 11 is 1.71. The molecule has 1 aromatic carbocycles. The van der Waals surface area contributed by atoms with Crippen LogP contribution in [0.4, 0.5) is 0 Å². The molecule has 1 saturated heterocycles. The summed E-state index contributed by atoms with van der Waals surface area (Å²) in [5.74, 6) is 2.79. The molecule has 2 aromatic rings. The van der Waals surface area contributed by atoms with Crippen LogP contribution in [-0.4, -0.2) is 30.1 Å². The number of nitrogens with zero attached hydrogens (tertiary/aromatic N) is 2. The van der Waals surface area contributed by atoms with E-state index in [1.165, 1.54) is 25.9 Å². The number of aryl methyl sites for hydroxylation is 1. The summed E-state index contributed by atoms with van der Waals surface area (Å²) in [6.45, 7) is 19.8. The van der Waals surface area contributed by atoms with Crippen molar-refractivity contribution in [3.63, 3.8) is 0 Å². The Balaban J connectivity index is 0. The number of aromatic hydroxyl groups is 1. The summed E-state index contributed by atoms with van der Waals surface area (Å²) in [5.41, 5.74) is 1.28. The largest absolute Gasteiger partial charge is 0.507 e. The first-order chi connectivity index (χ1) is 14.7. The van der Waals surface area contributed by atoms with Crippen LogP contribution in [-0.2, 0) is 0 Å². The van der Waals surface area contributed by atoms with Crippen LogP contribution in [0.2, 0.25) is 0 Å². The van der Waals surface area contributed by atoms with E-state index in [1.54, 1.807) is 29.5 Å². The number of rotatable bonds is 2. The number of likely N-dealkylation sites (tertiary alicyclic amines) is 1. The van der Waals surface area contributed by atoms with Crippen LogP contribution in [0, 0.1) is 36.0 Å². The van der Waals surface area contributed by atoms with Crippen LogP contribution in [0.1, 0.15) is 72.4 Å². The fraction of sp³-hybridized carbons (Fsp3) is 0.593. The monoisotopic (exact) mass is 446 g/mol. The molecule has 0 aliphatic carbocycles. The highest BCUT2D eigenvalue weighted by atomic mass is 32.1. The fourth-order valence-electron chi connectivity index (χ4n) is 2.48. The molecule has 2 heterocycles. The predicted molar refractivity (Wildman–Crippen MR) is 139 cm³/mol. The molecule has 1 unspecified atom stereocenters. The van der Waals surface area contributed by atoms with Crippen molar-refractivity contribution >= 4 is 11.3 Å². The van der Waals surface area contributed by atoms with Crippen molar-refractivity contribution in [2.45, 2.75) is 68.2 Å². The third-order valence-corrected chi connectivity index (χ3v) is 5.51. The summed E-state index contributed by atoms with van der Waals surface area (Å²) in [7, 11) is 2.21. The van der Waals surface area contributed by atoms with Gasteiger partial charge in [0.25, 0.3) is 0 Å². The van der Waals surface area contributed by atoms with Gasteiger partial charge in [-0.3, -0.25) is 0 Å². The Hall–Kier alpha value is -1.83. The molecule has 3 nitrogen and oxygen atoms in total. The molecule has 1 N–H and O–H groups in total. The minimum atomic E-state index is 0.0579. The number of hydrogen-bond acceptors (Lipinski definition) is 4. The van der Waals surface area contributed by atoms with Gasteiger partial charge in [0.2, 0.25) is 0 Å². The number of phenolic OH excluding ortho intramolecular Hbond substituents is 1. The number of phenols is 1. The molecule has 0 radical (unpaired) electrons. The Morgan fingerprint density at radius 2 is 1.71 bits per heavy atom. The second kappa shape index (κ2) is 20.1. The smallest absolute Gasteiger partial charge is 0.133 e. The van der Waals surface area contributed by atoms with Crippen molar-refractivity contribution in [1.29, 1.82) is 5.26 Å². The van der Waals surface area contributed by atoms with Gasteiger partial charge in [0.05, 0.1) is 5.56 Å². The van der Waals surface area contributed by atoms with Gasteiger partial charge >= 0.3 is 0 Å². The molecule has 31 heavy (non-hydrogen) atoms. The third-order valence-electron chi connectivity index (χ3n) is 4.89. The molecule has 4 heteroatoms. The fourth-order valence-corrected chi connectivity index (χ4v) is 2.93. The van der Waals surface area contributed by atoms with E-state index >= 15 is 0 Å². The van der Waals surface area contributed by atoms with E-state index in [0.717, 1.165) is 23.3 Å². The maximum Gasteiger partial charge on any atom is 0.133 e. The summed E-state index contributed by atoms with van der Waals surface area (Å²) < 4.78 is 0. The molecule has 1 atom stereocenters. The molecule has 176 valence electrons. The minimum Gasteiger partial charge on any atom is -0.507 e. The highest BCUT2D eigenvalue weighted by Crippen LogP contribution is 2.21. The minimum absolute atomic E-state index is 0.0579. The SMILES string of the molecule is CC.CC(C)C1CCN(C)C1.CCC(C)C.Cc1ccc(C#N)c(O)c1.c1ccsc1. The molecular formula is C27H46N2OS. The quantitative estimate of drug-likeness (QED) is 0.508. The van der Waals surface area contributed by atoms with Crippen molar-refractivity contribution in [3.8, 4) is 11.8 Å². The molecule has 3 rings (SSSR count). The van der Waals surface area contributed by atoms with Gasteiger partial charge in [0.15, 0.2) is 0 Å². The average Bonchev–Trinajstić information content (AvgIpc) is 3.46. The Morgan fingerprint density at radius 3 is 1.97 bits per heavy atom. The van der Waals surface area contributed by atoms with Crippen molar-refractivity contribution in [2.75, 3.05) is 20.1 Å². The lowest BCUT2D eigenvalue weighted by Gasteiger charge is -2.13. The number of hydrogen-bond donors (Lipinski definition) is 1. The van der Waals surface area contributed by atoms with Crippen molar-refractivity contribution in [1.82, 2.24) is 4.90 Å². The van der Waals surface area contributed by atoms with E-state index in [4.69, 9.17) is 10.4 Å². The molecule has 1 aliphatic rings. The van der Waals surface area contributed by atoms with Crippen LogP contribution < -0.4 is 0 Å². The van der Waals surface area contributed by atoms with Gasteiger partial charge in [-0.25, -0.2) is 0 Å². The molecule has 1 aromatic heterocycles. The van der Waals surface area contributed by atoms with E-state index in [2.05, 4.69) is 46.6 Å². The van der Waals surface area contributed by atoms with Gasteiger partial charge < -0.3 is 10.0 Å². The van der Waals surface area contributed by atoms with Gasteiger partial charge in [-0.15, -0.1) is 0 Å². The van der Waals surface area contributed by atoms with Crippen molar-refractivity contribution < 1.29 is 5.11 Å². The molecule has 1 fully saturated rings. The topological polar surface area (TPSA) is 47.3 Å². The third kappa shape index (κ3) is 17.5. The van der Waals surface area contributed by atoms with Gasteiger partial charge in [-0.1, -0.05) is 73.1 Å². The van der Waals surface area contributed by atoms with Crippen LogP contribution in [0.15, 0.2) is 41.1 Å². The van der Waals surface area contributed by atoms with Crippen LogP contribution >= 0.6 is 11.3 Å². The second-order valence-corrected chi connectivity index (χ2v) is 9.10. The molecular weight excluding hydrogens is 400 g/mol. The normalized spacial score (nSPS) is 14.6. The van der Waals surface area contributed by atoms with E-state index in [9.17, 15) is 0 Å². The highest BCUT2D eigenvalue weighted by molar-refractivity contribution is 7.07. The summed E-state index contributed by atoms with van der Waals surface area (Å²) in [5, 5.41) is 21.6. The molecule has 1 aliphatic heterocycles. The first-order valence-electron chi connectivity index (χ1n) is 11.6. The first kappa shape index (κ1) is 31.4. The van der Waals surface area contributed by atoms with Crippen LogP contribution in [0.5, 0.6) is 5.75 Å².